The van der Waals surface area contributed by atoms with Gasteiger partial charge in [0.15, 0.2) is 23.0 Å². The Morgan fingerprint density at radius 2 is 1.92 bits per heavy atom. The van der Waals surface area contributed by atoms with Crippen molar-refractivity contribution in [3.8, 4) is 34.6 Å². The molecule has 11 nitrogen and oxygen atoms in total. The zero-order chi connectivity index (χ0) is 26.6. The van der Waals surface area contributed by atoms with Gasteiger partial charge in [-0.05, 0) is 43.0 Å². The minimum absolute atomic E-state index is 0.0158. The minimum atomic E-state index is 0.0158. The third-order valence-corrected chi connectivity index (χ3v) is 6.88. The molecule has 1 amide bonds. The van der Waals surface area contributed by atoms with Gasteiger partial charge < -0.3 is 24.4 Å². The first-order chi connectivity index (χ1) is 18.6. The second-order valence-electron chi connectivity index (χ2n) is 9.04. The smallest absolute Gasteiger partial charge is 0.255 e. The second kappa shape index (κ2) is 10.7. The number of carbonyl (C=O) groups is 1. The number of rotatable bonds is 8. The summed E-state index contributed by atoms with van der Waals surface area (Å²) >= 11 is 0. The molecule has 0 atom stereocenters. The zero-order valence-corrected chi connectivity index (χ0v) is 21.5. The third kappa shape index (κ3) is 4.56. The highest BCUT2D eigenvalue weighted by atomic mass is 16.5. The maximum atomic E-state index is 12.8. The minimum Gasteiger partial charge on any atom is -0.493 e. The number of pyridine rings is 1. The summed E-state index contributed by atoms with van der Waals surface area (Å²) in [5, 5.41) is 16.3. The second-order valence-corrected chi connectivity index (χ2v) is 9.04. The molecule has 196 valence electrons. The van der Waals surface area contributed by atoms with Gasteiger partial charge in [0.05, 0.1) is 26.9 Å². The molecule has 1 aliphatic rings. The number of hydrogen-bond donors (Lipinski definition) is 2. The summed E-state index contributed by atoms with van der Waals surface area (Å²) in [6.07, 6.45) is 6.65. The van der Waals surface area contributed by atoms with Gasteiger partial charge in [0.25, 0.3) is 5.91 Å². The predicted molar refractivity (Wildman–Crippen MR) is 141 cm³/mol. The predicted octanol–water partition coefficient (Wildman–Crippen LogP) is 3.59. The van der Waals surface area contributed by atoms with Crippen molar-refractivity contribution < 1.29 is 19.0 Å². The Morgan fingerprint density at radius 3 is 2.53 bits per heavy atom. The van der Waals surface area contributed by atoms with E-state index >= 15 is 0 Å². The number of aromatic nitrogens is 4. The first-order valence-corrected chi connectivity index (χ1v) is 12.3. The first kappa shape index (κ1) is 25.0. The molecule has 3 aromatic heterocycles. The van der Waals surface area contributed by atoms with Crippen LogP contribution in [-0.2, 0) is 0 Å². The van der Waals surface area contributed by atoms with Crippen LogP contribution in [0.3, 0.4) is 0 Å². The van der Waals surface area contributed by atoms with E-state index in [0.717, 1.165) is 24.2 Å². The van der Waals surface area contributed by atoms with Crippen molar-refractivity contribution in [2.75, 3.05) is 46.3 Å². The number of ether oxygens (including phenoxy) is 3. The van der Waals surface area contributed by atoms with E-state index in [1.807, 2.05) is 17.0 Å². The molecule has 0 unspecified atom stereocenters. The van der Waals surface area contributed by atoms with Gasteiger partial charge >= 0.3 is 0 Å². The summed E-state index contributed by atoms with van der Waals surface area (Å²) in [6, 6.07) is 9.43. The Labute approximate surface area is 219 Å². The van der Waals surface area contributed by atoms with Crippen molar-refractivity contribution in [3.05, 3.63) is 54.0 Å². The fraction of sp³-hybridized carbons (Fsp3) is 0.333. The number of nitriles is 1. The number of aromatic amines is 1. The molecule has 1 fully saturated rings. The van der Waals surface area contributed by atoms with Crippen LogP contribution in [0.25, 0.3) is 16.9 Å². The lowest BCUT2D eigenvalue weighted by Gasteiger charge is -2.32. The van der Waals surface area contributed by atoms with Crippen molar-refractivity contribution in [2.45, 2.75) is 12.8 Å². The molecular weight excluding hydrogens is 486 g/mol. The standard InChI is InChI=1S/C27H29N7O4/c1-36-21-11-19(12-22(37-2)24(21)38-3)23-26(34-25(32-23)20(13-28)16-31-34)30-14-17-6-9-33(10-7-17)27(35)18-5-4-8-29-15-18/h4-5,8,11-12,15-17,30-31H,6-7,9-10,14H2,1-3H3. The zero-order valence-electron chi connectivity index (χ0n) is 21.5. The Kier molecular flexibility index (Phi) is 7.04. The number of benzene rings is 1. The molecule has 0 saturated carbocycles. The summed E-state index contributed by atoms with van der Waals surface area (Å²) in [7, 11) is 4.69. The molecule has 11 heteroatoms. The molecule has 4 aromatic rings. The molecule has 0 radical (unpaired) electrons. The Morgan fingerprint density at radius 1 is 1.18 bits per heavy atom. The molecule has 0 spiro atoms. The number of nitrogens with one attached hydrogen (secondary N) is 2. The van der Waals surface area contributed by atoms with Crippen molar-refractivity contribution in [3.63, 3.8) is 0 Å². The van der Waals surface area contributed by atoms with Crippen LogP contribution >= 0.6 is 0 Å². The number of H-pyrrole nitrogens is 1. The van der Waals surface area contributed by atoms with E-state index in [2.05, 4.69) is 21.5 Å². The monoisotopic (exact) mass is 515 g/mol. The van der Waals surface area contributed by atoms with Crippen LogP contribution in [0, 0.1) is 17.2 Å². The summed E-state index contributed by atoms with van der Waals surface area (Å²) in [5.41, 5.74) is 2.97. The maximum Gasteiger partial charge on any atom is 0.255 e. The average Bonchev–Trinajstić information content (AvgIpc) is 3.54. The van der Waals surface area contributed by atoms with Crippen molar-refractivity contribution in [2.24, 2.45) is 5.92 Å². The molecule has 38 heavy (non-hydrogen) atoms. The van der Waals surface area contributed by atoms with Crippen LogP contribution in [0.15, 0.2) is 42.9 Å². The van der Waals surface area contributed by atoms with E-state index in [9.17, 15) is 10.1 Å². The van der Waals surface area contributed by atoms with Crippen LogP contribution < -0.4 is 19.5 Å². The maximum absolute atomic E-state index is 12.8. The Hall–Kier alpha value is -4.72. The summed E-state index contributed by atoms with van der Waals surface area (Å²) in [5.74, 6) is 2.61. The fourth-order valence-electron chi connectivity index (χ4n) is 4.84. The lowest BCUT2D eigenvalue weighted by Crippen LogP contribution is -2.40. The molecule has 0 aliphatic carbocycles. The average molecular weight is 516 g/mol. The molecule has 1 aromatic carbocycles. The summed E-state index contributed by atoms with van der Waals surface area (Å²) < 4.78 is 18.3. The lowest BCUT2D eigenvalue weighted by atomic mass is 9.96. The largest absolute Gasteiger partial charge is 0.493 e. The van der Waals surface area contributed by atoms with Crippen molar-refractivity contribution in [1.29, 1.82) is 5.26 Å². The number of methoxy groups -OCH3 is 3. The van der Waals surface area contributed by atoms with Crippen LogP contribution in [0.2, 0.25) is 0 Å². The van der Waals surface area contributed by atoms with Crippen molar-refractivity contribution >= 4 is 17.4 Å². The highest BCUT2D eigenvalue weighted by Gasteiger charge is 2.26. The first-order valence-electron chi connectivity index (χ1n) is 12.3. The molecular formula is C27H29N7O4. The Bertz CT molecular complexity index is 1460. The van der Waals surface area contributed by atoms with E-state index < -0.39 is 0 Å². The van der Waals surface area contributed by atoms with Crippen LogP contribution in [0.5, 0.6) is 17.2 Å². The van der Waals surface area contributed by atoms with Gasteiger partial charge in [-0.15, -0.1) is 0 Å². The fourth-order valence-corrected chi connectivity index (χ4v) is 4.84. The summed E-state index contributed by atoms with van der Waals surface area (Å²) in [6.45, 7) is 2.05. The number of carbonyl (C=O) groups excluding carboxylic acids is 1. The van der Waals surface area contributed by atoms with Gasteiger partial charge in [-0.2, -0.15) is 5.26 Å². The Balaban J connectivity index is 1.38. The lowest BCUT2D eigenvalue weighted by molar-refractivity contribution is 0.0694. The van der Waals surface area contributed by atoms with Gasteiger partial charge in [0.1, 0.15) is 17.3 Å². The van der Waals surface area contributed by atoms with Crippen LogP contribution in [0.1, 0.15) is 28.8 Å². The molecule has 1 saturated heterocycles. The van der Waals surface area contributed by atoms with Gasteiger partial charge in [0.2, 0.25) is 5.75 Å². The number of amides is 1. The SMILES string of the molecule is COc1cc(-c2nc3c(C#N)c[nH]n3c2NCC2CCN(C(=O)c3cccnc3)CC2)cc(OC)c1OC. The number of fused-ring (bicyclic) bond motifs is 1. The van der Waals surface area contributed by atoms with Crippen LogP contribution in [0.4, 0.5) is 5.82 Å². The number of piperidine rings is 1. The van der Waals surface area contributed by atoms with E-state index in [1.54, 1.807) is 56.6 Å². The number of imidazole rings is 1. The number of likely N-dealkylation sites (tertiary alicyclic amines) is 1. The molecule has 1 aliphatic heterocycles. The number of nitrogens with zero attached hydrogens (tertiary/aromatic N) is 5. The van der Waals surface area contributed by atoms with Crippen LogP contribution in [-0.4, -0.2) is 71.4 Å². The highest BCUT2D eigenvalue weighted by molar-refractivity contribution is 5.93. The van der Waals surface area contributed by atoms with Crippen molar-refractivity contribution in [1.82, 2.24) is 24.5 Å². The van der Waals surface area contributed by atoms with E-state index in [0.29, 0.717) is 65.3 Å². The van der Waals surface area contributed by atoms with Gasteiger partial charge in [-0.25, -0.2) is 9.50 Å². The van der Waals surface area contributed by atoms with E-state index in [-0.39, 0.29) is 5.91 Å². The molecule has 0 bridgehead atoms. The molecule has 4 heterocycles. The van der Waals surface area contributed by atoms with Gasteiger partial charge in [-0.1, -0.05) is 0 Å². The summed E-state index contributed by atoms with van der Waals surface area (Å²) in [4.78, 5) is 23.5. The van der Waals surface area contributed by atoms with E-state index in [4.69, 9.17) is 19.2 Å². The van der Waals surface area contributed by atoms with Gasteiger partial charge in [-0.3, -0.25) is 14.9 Å². The number of hydrogen-bond acceptors (Lipinski definition) is 8. The third-order valence-electron chi connectivity index (χ3n) is 6.88. The number of anilines is 1. The normalized spacial score (nSPS) is 13.8. The molecule has 2 N–H and O–H groups in total. The highest BCUT2D eigenvalue weighted by Crippen LogP contribution is 2.42. The molecule has 5 rings (SSSR count). The van der Waals surface area contributed by atoms with E-state index in [1.165, 1.54) is 0 Å². The van der Waals surface area contributed by atoms with Gasteiger partial charge in [0, 0.05) is 43.8 Å². The topological polar surface area (TPSA) is 130 Å². The quantitative estimate of drug-likeness (QED) is 0.364.